The summed E-state index contributed by atoms with van der Waals surface area (Å²) in [5.41, 5.74) is -0.162. The number of carbonyl (C=O) groups is 1. The molecule has 0 fully saturated rings. The summed E-state index contributed by atoms with van der Waals surface area (Å²) in [6.07, 6.45) is 0. The molecule has 0 atom stereocenters. The van der Waals surface area contributed by atoms with Gasteiger partial charge in [0, 0.05) is 3.57 Å². The average molecular weight is 319 g/mol. The molecule has 1 nitrogen and oxygen atoms in total. The molecule has 0 aromatic heterocycles. The minimum atomic E-state index is -0.834. The summed E-state index contributed by atoms with van der Waals surface area (Å²) < 4.78 is 13.3. The summed E-state index contributed by atoms with van der Waals surface area (Å²) in [5, 5.41) is -0.514. The van der Waals surface area contributed by atoms with Crippen molar-refractivity contribution in [3.05, 3.63) is 32.1 Å². The van der Waals surface area contributed by atoms with Crippen molar-refractivity contribution in [2.45, 2.75) is 0 Å². The molecule has 12 heavy (non-hydrogen) atoms. The molecule has 5 heteroatoms. The zero-order valence-corrected chi connectivity index (χ0v) is 9.24. The molecule has 0 bridgehead atoms. The Morgan fingerprint density at radius 2 is 2.08 bits per heavy atom. The number of halogens is 4. The second-order valence-electron chi connectivity index (χ2n) is 1.99. The van der Waals surface area contributed by atoms with Crippen LogP contribution in [0.4, 0.5) is 4.39 Å². The Bertz CT molecular complexity index is 340. The van der Waals surface area contributed by atoms with Gasteiger partial charge in [-0.2, -0.15) is 0 Å². The maximum absolute atomic E-state index is 12.9. The highest BCUT2D eigenvalue weighted by atomic mass is 127. The van der Waals surface area contributed by atoms with Crippen molar-refractivity contribution in [1.82, 2.24) is 0 Å². The molecule has 1 aromatic rings. The van der Waals surface area contributed by atoms with Gasteiger partial charge in [-0.1, -0.05) is 11.6 Å². The normalized spacial score (nSPS) is 10.0. The van der Waals surface area contributed by atoms with E-state index in [0.717, 1.165) is 6.07 Å². The second kappa shape index (κ2) is 3.89. The van der Waals surface area contributed by atoms with Gasteiger partial charge >= 0.3 is 0 Å². The fraction of sp³-hybridized carbons (Fsp3) is 0. The molecule has 0 radical (unpaired) electrons. The lowest BCUT2D eigenvalue weighted by Gasteiger charge is -2.01. The number of hydrogen-bond acceptors (Lipinski definition) is 1. The molecule has 0 N–H and O–H groups in total. The van der Waals surface area contributed by atoms with Gasteiger partial charge < -0.3 is 0 Å². The Balaban J connectivity index is 3.43. The third kappa shape index (κ3) is 1.89. The Labute approximate surface area is 92.0 Å². The first-order valence-corrected chi connectivity index (χ1v) is 4.71. The van der Waals surface area contributed by atoms with Gasteiger partial charge in [0.1, 0.15) is 5.82 Å². The number of carbonyl (C=O) groups excluding carboxylic acids is 1. The van der Waals surface area contributed by atoms with Crippen LogP contribution in [0.3, 0.4) is 0 Å². The molecule has 1 rings (SSSR count). The minimum Gasteiger partial charge on any atom is -0.275 e. The van der Waals surface area contributed by atoms with Crippen LogP contribution >= 0.6 is 45.8 Å². The summed E-state index contributed by atoms with van der Waals surface area (Å²) in [4.78, 5) is 10.7. The van der Waals surface area contributed by atoms with Crippen LogP contribution in [0.5, 0.6) is 0 Å². The Morgan fingerprint density at radius 3 is 2.50 bits per heavy atom. The quantitative estimate of drug-likeness (QED) is 0.440. The lowest BCUT2D eigenvalue weighted by Crippen LogP contribution is -1.98. The maximum Gasteiger partial charge on any atom is 0.256 e. The Kier molecular flexibility index (Phi) is 3.31. The minimum absolute atomic E-state index is 0.162. The van der Waals surface area contributed by atoms with E-state index < -0.39 is 11.1 Å². The van der Waals surface area contributed by atoms with Crippen LogP contribution in [0.25, 0.3) is 0 Å². The highest BCUT2D eigenvalue weighted by Gasteiger charge is 2.15. The molecule has 0 unspecified atom stereocenters. The summed E-state index contributed by atoms with van der Waals surface area (Å²) >= 11 is 12.6. The zero-order valence-electron chi connectivity index (χ0n) is 5.57. The lowest BCUT2D eigenvalue weighted by atomic mass is 10.2. The second-order valence-corrected chi connectivity index (χ2v) is 3.82. The van der Waals surface area contributed by atoms with Gasteiger partial charge in [-0.15, -0.1) is 0 Å². The van der Waals surface area contributed by atoms with Gasteiger partial charge in [0.05, 0.1) is 10.6 Å². The fourth-order valence-corrected chi connectivity index (χ4v) is 1.89. The van der Waals surface area contributed by atoms with Gasteiger partial charge in [0.2, 0.25) is 0 Å². The van der Waals surface area contributed by atoms with Gasteiger partial charge in [0.25, 0.3) is 5.24 Å². The van der Waals surface area contributed by atoms with E-state index in [1.807, 2.05) is 0 Å². The van der Waals surface area contributed by atoms with Crippen molar-refractivity contribution in [1.29, 1.82) is 0 Å². The van der Waals surface area contributed by atoms with E-state index in [-0.39, 0.29) is 5.56 Å². The lowest BCUT2D eigenvalue weighted by molar-refractivity contribution is 0.107. The summed E-state index contributed by atoms with van der Waals surface area (Å²) in [5.74, 6) is -0.649. The molecule has 0 amide bonds. The SMILES string of the molecule is O=C(Cl)c1c(F)ccc(Cl)c1I. The van der Waals surface area contributed by atoms with Crippen LogP contribution in [-0.2, 0) is 0 Å². The van der Waals surface area contributed by atoms with Crippen LogP contribution in [0, 0.1) is 9.39 Å². The highest BCUT2D eigenvalue weighted by molar-refractivity contribution is 14.1. The van der Waals surface area contributed by atoms with E-state index in [1.165, 1.54) is 6.07 Å². The van der Waals surface area contributed by atoms with E-state index in [4.69, 9.17) is 23.2 Å². The van der Waals surface area contributed by atoms with Crippen molar-refractivity contribution in [2.75, 3.05) is 0 Å². The van der Waals surface area contributed by atoms with Crippen LogP contribution in [0.1, 0.15) is 10.4 Å². The Morgan fingerprint density at radius 1 is 1.50 bits per heavy atom. The summed E-state index contributed by atoms with van der Waals surface area (Å²) in [6, 6.07) is 2.49. The van der Waals surface area contributed by atoms with Gasteiger partial charge in [-0.3, -0.25) is 4.79 Å². The average Bonchev–Trinajstić information content (AvgIpc) is 1.97. The number of hydrogen-bond donors (Lipinski definition) is 0. The first-order chi connectivity index (χ1) is 5.54. The van der Waals surface area contributed by atoms with Gasteiger partial charge in [-0.05, 0) is 46.3 Å². The largest absolute Gasteiger partial charge is 0.275 e. The van der Waals surface area contributed by atoms with E-state index in [2.05, 4.69) is 0 Å². The van der Waals surface area contributed by atoms with E-state index in [0.29, 0.717) is 8.59 Å². The molecule has 0 heterocycles. The van der Waals surface area contributed by atoms with E-state index in [1.54, 1.807) is 22.6 Å². The molecule has 0 aliphatic carbocycles. The van der Waals surface area contributed by atoms with Crippen molar-refractivity contribution in [3.8, 4) is 0 Å². The van der Waals surface area contributed by atoms with Gasteiger partial charge in [-0.25, -0.2) is 4.39 Å². The maximum atomic E-state index is 12.9. The monoisotopic (exact) mass is 318 g/mol. The smallest absolute Gasteiger partial charge is 0.256 e. The predicted octanol–water partition coefficient (Wildman–Crippen LogP) is 3.46. The molecule has 0 aliphatic rings. The number of benzene rings is 1. The number of rotatable bonds is 1. The van der Waals surface area contributed by atoms with Crippen molar-refractivity contribution < 1.29 is 9.18 Å². The van der Waals surface area contributed by atoms with Crippen LogP contribution in [0.15, 0.2) is 12.1 Å². The molecule has 0 saturated carbocycles. The van der Waals surface area contributed by atoms with Crippen LogP contribution in [0.2, 0.25) is 5.02 Å². The highest BCUT2D eigenvalue weighted by Crippen LogP contribution is 2.25. The summed E-state index contributed by atoms with van der Waals surface area (Å²) in [7, 11) is 0. The van der Waals surface area contributed by atoms with Crippen LogP contribution < -0.4 is 0 Å². The molecule has 1 aromatic carbocycles. The standard InChI is InChI=1S/C7H2Cl2FIO/c8-3-1-2-4(10)5(6(3)11)7(9)12/h1-2H. The molecule has 64 valence electrons. The Hall–Kier alpha value is 0.130. The van der Waals surface area contributed by atoms with E-state index in [9.17, 15) is 9.18 Å². The fourth-order valence-electron chi connectivity index (χ4n) is 0.707. The van der Waals surface area contributed by atoms with Crippen molar-refractivity contribution in [2.24, 2.45) is 0 Å². The topological polar surface area (TPSA) is 17.1 Å². The third-order valence-electron chi connectivity index (χ3n) is 1.24. The first-order valence-electron chi connectivity index (χ1n) is 2.87. The first kappa shape index (κ1) is 10.2. The van der Waals surface area contributed by atoms with Crippen molar-refractivity contribution in [3.63, 3.8) is 0 Å². The van der Waals surface area contributed by atoms with Crippen LogP contribution in [-0.4, -0.2) is 5.24 Å². The van der Waals surface area contributed by atoms with Crippen molar-refractivity contribution >= 4 is 51.0 Å². The summed E-state index contributed by atoms with van der Waals surface area (Å²) in [6.45, 7) is 0. The molecular formula is C7H2Cl2FIO. The van der Waals surface area contributed by atoms with E-state index >= 15 is 0 Å². The molecule has 0 aliphatic heterocycles. The van der Waals surface area contributed by atoms with Gasteiger partial charge in [0.15, 0.2) is 0 Å². The molecule has 0 saturated heterocycles. The predicted molar refractivity (Wildman–Crippen MR) is 54.3 cm³/mol. The molecular weight excluding hydrogens is 317 g/mol. The molecule has 0 spiro atoms. The third-order valence-corrected chi connectivity index (χ3v) is 3.18. The zero-order chi connectivity index (χ0) is 9.30.